The fourth-order valence-corrected chi connectivity index (χ4v) is 2.85. The van der Waals surface area contributed by atoms with Crippen LogP contribution in [-0.2, 0) is 0 Å². The molecular weight excluding hydrogens is 194 g/mol. The van der Waals surface area contributed by atoms with E-state index in [0.29, 0.717) is 5.92 Å². The molecule has 2 rings (SSSR count). The van der Waals surface area contributed by atoms with Crippen LogP contribution < -0.4 is 0 Å². The first-order chi connectivity index (χ1) is 6.77. The number of rotatable bonds is 2. The lowest BCUT2D eigenvalue weighted by molar-refractivity contribution is 0.0816. The van der Waals surface area contributed by atoms with Gasteiger partial charge >= 0.3 is 0 Å². The highest BCUT2D eigenvalue weighted by molar-refractivity contribution is 7.09. The smallest absolute Gasteiger partial charge is 0.0996 e. The Hall–Kier alpha value is -0.410. The van der Waals surface area contributed by atoms with Crippen LogP contribution in [0.25, 0.3) is 0 Å². The maximum absolute atomic E-state index is 10.1. The molecule has 14 heavy (non-hydrogen) atoms. The average Bonchev–Trinajstić information content (AvgIpc) is 2.65. The van der Waals surface area contributed by atoms with Gasteiger partial charge in [0.05, 0.1) is 16.8 Å². The normalized spacial score (nSPS) is 21.0. The summed E-state index contributed by atoms with van der Waals surface area (Å²) in [5.74, 6) is 0.449. The summed E-state index contributed by atoms with van der Waals surface area (Å²) in [5.41, 5.74) is 0.888. The molecule has 0 aromatic carbocycles. The summed E-state index contributed by atoms with van der Waals surface area (Å²) < 4.78 is 0. The van der Waals surface area contributed by atoms with Crippen LogP contribution >= 0.6 is 11.3 Å². The molecule has 1 heterocycles. The SMILES string of the molecule is Cc1nc(C(O)C2CCCCC2)cs1. The number of nitrogens with zero attached hydrogens (tertiary/aromatic N) is 1. The highest BCUT2D eigenvalue weighted by atomic mass is 32.1. The first-order valence-corrected chi connectivity index (χ1v) is 6.25. The molecule has 1 N–H and O–H groups in total. The van der Waals surface area contributed by atoms with Crippen molar-refractivity contribution >= 4 is 11.3 Å². The van der Waals surface area contributed by atoms with Crippen molar-refractivity contribution in [1.29, 1.82) is 0 Å². The molecule has 1 saturated carbocycles. The molecule has 1 aromatic rings. The van der Waals surface area contributed by atoms with E-state index in [2.05, 4.69) is 4.98 Å². The molecule has 0 spiro atoms. The molecule has 0 bridgehead atoms. The molecule has 1 aliphatic carbocycles. The summed E-state index contributed by atoms with van der Waals surface area (Å²) >= 11 is 1.63. The minimum Gasteiger partial charge on any atom is -0.386 e. The lowest BCUT2D eigenvalue weighted by Crippen LogP contribution is -2.16. The Balaban J connectivity index is 2.03. The second-order valence-corrected chi connectivity index (χ2v) is 5.20. The molecule has 1 unspecified atom stereocenters. The van der Waals surface area contributed by atoms with Crippen LogP contribution in [-0.4, -0.2) is 10.1 Å². The van der Waals surface area contributed by atoms with Crippen LogP contribution in [0.15, 0.2) is 5.38 Å². The molecular formula is C11H17NOS. The lowest BCUT2D eigenvalue weighted by atomic mass is 9.84. The van der Waals surface area contributed by atoms with Crippen LogP contribution in [0.3, 0.4) is 0 Å². The van der Waals surface area contributed by atoms with Gasteiger partial charge < -0.3 is 5.11 Å². The molecule has 3 heteroatoms. The van der Waals surface area contributed by atoms with Crippen molar-refractivity contribution in [3.05, 3.63) is 16.1 Å². The van der Waals surface area contributed by atoms with Crippen molar-refractivity contribution in [2.75, 3.05) is 0 Å². The zero-order chi connectivity index (χ0) is 9.97. The van der Waals surface area contributed by atoms with Gasteiger partial charge in [-0.2, -0.15) is 0 Å². The van der Waals surface area contributed by atoms with Gasteiger partial charge in [-0.1, -0.05) is 19.3 Å². The number of aliphatic hydroxyl groups is 1. The van der Waals surface area contributed by atoms with E-state index in [9.17, 15) is 5.11 Å². The van der Waals surface area contributed by atoms with Crippen molar-refractivity contribution in [1.82, 2.24) is 4.98 Å². The summed E-state index contributed by atoms with van der Waals surface area (Å²) in [4.78, 5) is 4.35. The Kier molecular flexibility index (Phi) is 3.19. The van der Waals surface area contributed by atoms with E-state index < -0.39 is 0 Å². The standard InChI is InChI=1S/C11H17NOS/c1-8-12-10(7-14-8)11(13)9-5-3-2-4-6-9/h7,9,11,13H,2-6H2,1H3. The van der Waals surface area contributed by atoms with Gasteiger partial charge in [0.2, 0.25) is 0 Å². The third-order valence-electron chi connectivity index (χ3n) is 3.04. The van der Waals surface area contributed by atoms with E-state index >= 15 is 0 Å². The lowest BCUT2D eigenvalue weighted by Gasteiger charge is -2.25. The van der Waals surface area contributed by atoms with Gasteiger partial charge in [-0.3, -0.25) is 0 Å². The van der Waals surface area contributed by atoms with Gasteiger partial charge in [0.25, 0.3) is 0 Å². The molecule has 1 atom stereocenters. The van der Waals surface area contributed by atoms with Crippen LogP contribution in [0, 0.1) is 12.8 Å². The quantitative estimate of drug-likeness (QED) is 0.815. The fraction of sp³-hybridized carbons (Fsp3) is 0.727. The zero-order valence-electron chi connectivity index (χ0n) is 8.57. The summed E-state index contributed by atoms with van der Waals surface area (Å²) in [6, 6.07) is 0. The predicted molar refractivity (Wildman–Crippen MR) is 58.4 cm³/mol. The summed E-state index contributed by atoms with van der Waals surface area (Å²) in [5, 5.41) is 13.1. The molecule has 1 aliphatic rings. The van der Waals surface area contributed by atoms with Gasteiger partial charge in [-0.05, 0) is 25.7 Å². The number of aromatic nitrogens is 1. The Labute approximate surface area is 89.0 Å². The van der Waals surface area contributed by atoms with Crippen LogP contribution in [0.2, 0.25) is 0 Å². The topological polar surface area (TPSA) is 33.1 Å². The second kappa shape index (κ2) is 4.41. The number of hydrogen-bond donors (Lipinski definition) is 1. The number of thiazole rings is 1. The molecule has 0 amide bonds. The van der Waals surface area contributed by atoms with E-state index in [0.717, 1.165) is 23.5 Å². The van der Waals surface area contributed by atoms with Crippen LogP contribution in [0.5, 0.6) is 0 Å². The molecule has 1 fully saturated rings. The van der Waals surface area contributed by atoms with Crippen LogP contribution in [0.1, 0.15) is 48.9 Å². The highest BCUT2D eigenvalue weighted by Crippen LogP contribution is 2.34. The monoisotopic (exact) mass is 211 g/mol. The van der Waals surface area contributed by atoms with Crippen molar-refractivity contribution in [2.24, 2.45) is 5.92 Å². The van der Waals surface area contributed by atoms with Gasteiger partial charge in [0.15, 0.2) is 0 Å². The first kappa shape index (κ1) is 10.1. The van der Waals surface area contributed by atoms with Gasteiger partial charge in [0.1, 0.15) is 0 Å². The largest absolute Gasteiger partial charge is 0.386 e. The molecule has 0 saturated heterocycles. The van der Waals surface area contributed by atoms with E-state index in [1.54, 1.807) is 11.3 Å². The van der Waals surface area contributed by atoms with Crippen molar-refractivity contribution in [3.8, 4) is 0 Å². The predicted octanol–water partition coefficient (Wildman–Crippen LogP) is 3.07. The molecule has 1 aromatic heterocycles. The maximum Gasteiger partial charge on any atom is 0.0996 e. The Morgan fingerprint density at radius 1 is 1.43 bits per heavy atom. The average molecular weight is 211 g/mol. The third-order valence-corrected chi connectivity index (χ3v) is 3.83. The van der Waals surface area contributed by atoms with Crippen molar-refractivity contribution in [2.45, 2.75) is 45.1 Å². The summed E-state index contributed by atoms with van der Waals surface area (Å²) in [6.07, 6.45) is 5.88. The number of hydrogen-bond acceptors (Lipinski definition) is 3. The Morgan fingerprint density at radius 3 is 2.71 bits per heavy atom. The summed E-state index contributed by atoms with van der Waals surface area (Å²) in [7, 11) is 0. The number of aryl methyl sites for hydroxylation is 1. The maximum atomic E-state index is 10.1. The third kappa shape index (κ3) is 2.15. The van der Waals surface area contributed by atoms with E-state index in [4.69, 9.17) is 0 Å². The Bertz CT molecular complexity index is 291. The van der Waals surface area contributed by atoms with Crippen molar-refractivity contribution in [3.63, 3.8) is 0 Å². The number of aliphatic hydroxyl groups excluding tert-OH is 1. The molecule has 0 aliphatic heterocycles. The fourth-order valence-electron chi connectivity index (χ4n) is 2.21. The van der Waals surface area contributed by atoms with Crippen molar-refractivity contribution < 1.29 is 5.11 Å². The first-order valence-electron chi connectivity index (χ1n) is 5.37. The molecule has 2 nitrogen and oxygen atoms in total. The van der Waals surface area contributed by atoms with Gasteiger partial charge in [-0.15, -0.1) is 11.3 Å². The van der Waals surface area contributed by atoms with Gasteiger partial charge in [0, 0.05) is 5.38 Å². The zero-order valence-corrected chi connectivity index (χ0v) is 9.39. The highest BCUT2D eigenvalue weighted by Gasteiger charge is 2.24. The Morgan fingerprint density at radius 2 is 2.14 bits per heavy atom. The van der Waals surface area contributed by atoms with E-state index in [1.807, 2.05) is 12.3 Å². The molecule has 0 radical (unpaired) electrons. The second-order valence-electron chi connectivity index (χ2n) is 4.13. The minimum absolute atomic E-state index is 0.319. The van der Waals surface area contributed by atoms with E-state index in [1.165, 1.54) is 19.3 Å². The molecule has 78 valence electrons. The minimum atomic E-state index is -0.319. The van der Waals surface area contributed by atoms with E-state index in [-0.39, 0.29) is 6.10 Å². The van der Waals surface area contributed by atoms with Crippen LogP contribution in [0.4, 0.5) is 0 Å². The summed E-state index contributed by atoms with van der Waals surface area (Å²) in [6.45, 7) is 1.99. The van der Waals surface area contributed by atoms with Gasteiger partial charge in [-0.25, -0.2) is 4.98 Å².